The van der Waals surface area contributed by atoms with Crippen LogP contribution in [0.2, 0.25) is 0 Å². The summed E-state index contributed by atoms with van der Waals surface area (Å²) >= 11 is 0. The molecule has 1 N–H and O–H groups in total. The average Bonchev–Trinajstić information content (AvgIpc) is 2.96. The summed E-state index contributed by atoms with van der Waals surface area (Å²) in [6.45, 7) is 8.31. The van der Waals surface area contributed by atoms with Crippen LogP contribution in [0.5, 0.6) is 0 Å². The molecule has 3 aliphatic carbocycles. The third-order valence-electron chi connectivity index (χ3n) is 8.80. The van der Waals surface area contributed by atoms with Crippen molar-refractivity contribution < 1.29 is 27.8 Å². The maximum absolute atomic E-state index is 12.5. The predicted molar refractivity (Wildman–Crippen MR) is 110 cm³/mol. The van der Waals surface area contributed by atoms with E-state index in [0.717, 1.165) is 38.5 Å². The van der Waals surface area contributed by atoms with Gasteiger partial charge < -0.3 is 9.84 Å². The van der Waals surface area contributed by atoms with Gasteiger partial charge in [0.1, 0.15) is 0 Å². The summed E-state index contributed by atoms with van der Waals surface area (Å²) < 4.78 is 43.3. The largest absolute Gasteiger partial charge is 0.450 e. The lowest BCUT2D eigenvalue weighted by Gasteiger charge is -2.56. The van der Waals surface area contributed by atoms with E-state index < -0.39 is 24.0 Å². The molecule has 174 valence electrons. The Kier molecular flexibility index (Phi) is 6.71. The molecule has 6 atom stereocenters. The zero-order valence-electron chi connectivity index (χ0n) is 19.0. The van der Waals surface area contributed by atoms with Crippen LogP contribution in [-0.2, 0) is 9.53 Å². The van der Waals surface area contributed by atoms with E-state index in [-0.39, 0.29) is 23.5 Å². The lowest BCUT2D eigenvalue weighted by molar-refractivity contribution is -0.173. The molecule has 0 bridgehead atoms. The third kappa shape index (κ3) is 4.90. The minimum atomic E-state index is -4.76. The van der Waals surface area contributed by atoms with Gasteiger partial charge in [0.2, 0.25) is 5.78 Å². The standard InChI is InChI=1S/C24H39F3O3/c1-21(2,29)13-14-22(3)11-5-6-16-17(22)9-12-23(4)18(16)7-8-20(23)30-15-10-19(28)24(25,26)27/h16-18,20,29H,5-15H2,1-4H3. The second-order valence-electron chi connectivity index (χ2n) is 11.4. The highest BCUT2D eigenvalue weighted by Crippen LogP contribution is 2.64. The van der Waals surface area contributed by atoms with Gasteiger partial charge in [-0.05, 0) is 93.8 Å². The van der Waals surface area contributed by atoms with Crippen LogP contribution in [0.25, 0.3) is 0 Å². The first-order valence-electron chi connectivity index (χ1n) is 11.7. The SMILES string of the molecule is CC(C)(O)CCC1(C)CCCC2C1CCC1(C)C(OCCC(=O)C(F)(F)F)CCC21. The molecule has 3 fully saturated rings. The first-order chi connectivity index (χ1) is 13.8. The minimum absolute atomic E-state index is 0.00303. The molecule has 3 saturated carbocycles. The number of aliphatic hydroxyl groups is 1. The summed E-state index contributed by atoms with van der Waals surface area (Å²) in [6.07, 6.45) is 4.22. The fraction of sp³-hybridized carbons (Fsp3) is 0.958. The number of ketones is 1. The lowest BCUT2D eigenvalue weighted by Crippen LogP contribution is -2.50. The van der Waals surface area contributed by atoms with Gasteiger partial charge in [0.15, 0.2) is 0 Å². The molecular formula is C24H39F3O3. The first kappa shape index (κ1) is 24.0. The highest BCUT2D eigenvalue weighted by Gasteiger charge is 2.58. The van der Waals surface area contributed by atoms with E-state index in [2.05, 4.69) is 13.8 Å². The van der Waals surface area contributed by atoms with E-state index in [0.29, 0.717) is 17.8 Å². The number of carbonyl (C=O) groups is 1. The number of rotatable bonds is 7. The Morgan fingerprint density at radius 3 is 2.40 bits per heavy atom. The van der Waals surface area contributed by atoms with Gasteiger partial charge in [0.05, 0.1) is 18.3 Å². The van der Waals surface area contributed by atoms with Gasteiger partial charge in [0.25, 0.3) is 0 Å². The highest BCUT2D eigenvalue weighted by molar-refractivity contribution is 5.84. The molecular weight excluding hydrogens is 393 g/mol. The van der Waals surface area contributed by atoms with Crippen LogP contribution in [0, 0.1) is 28.6 Å². The molecule has 0 saturated heterocycles. The van der Waals surface area contributed by atoms with Gasteiger partial charge >= 0.3 is 6.18 Å². The summed E-state index contributed by atoms with van der Waals surface area (Å²) in [5, 5.41) is 10.2. The van der Waals surface area contributed by atoms with E-state index in [4.69, 9.17) is 4.74 Å². The topological polar surface area (TPSA) is 46.5 Å². The van der Waals surface area contributed by atoms with E-state index >= 15 is 0 Å². The fourth-order valence-corrected chi connectivity index (χ4v) is 7.05. The van der Waals surface area contributed by atoms with E-state index in [1.807, 2.05) is 13.8 Å². The molecule has 0 aliphatic heterocycles. The molecule has 3 rings (SSSR count). The molecule has 3 aliphatic rings. The van der Waals surface area contributed by atoms with Crippen LogP contribution in [-0.4, -0.2) is 35.4 Å². The van der Waals surface area contributed by atoms with Crippen molar-refractivity contribution in [3.63, 3.8) is 0 Å². The first-order valence-corrected chi connectivity index (χ1v) is 11.7. The molecule has 0 aromatic rings. The van der Waals surface area contributed by atoms with Crippen LogP contribution < -0.4 is 0 Å². The highest BCUT2D eigenvalue weighted by atomic mass is 19.4. The van der Waals surface area contributed by atoms with Crippen molar-refractivity contribution in [3.8, 4) is 0 Å². The fourth-order valence-electron chi connectivity index (χ4n) is 7.05. The van der Waals surface area contributed by atoms with E-state index in [1.165, 1.54) is 19.3 Å². The Labute approximate surface area is 179 Å². The Morgan fingerprint density at radius 1 is 1.07 bits per heavy atom. The maximum atomic E-state index is 12.5. The molecule has 0 spiro atoms. The summed E-state index contributed by atoms with van der Waals surface area (Å²) in [7, 11) is 0. The van der Waals surface area contributed by atoms with E-state index in [9.17, 15) is 23.1 Å². The van der Waals surface area contributed by atoms with Gasteiger partial charge in [-0.3, -0.25) is 4.79 Å². The number of halogens is 3. The van der Waals surface area contributed by atoms with Crippen molar-refractivity contribution in [1.82, 2.24) is 0 Å². The second kappa shape index (κ2) is 8.38. The molecule has 6 unspecified atom stereocenters. The Morgan fingerprint density at radius 2 is 1.77 bits per heavy atom. The number of ether oxygens (including phenoxy) is 1. The number of Topliss-reactive ketones (excluding diaryl/α,β-unsaturated/α-hetero) is 1. The summed E-state index contributed by atoms with van der Waals surface area (Å²) in [4.78, 5) is 11.2. The van der Waals surface area contributed by atoms with Crippen molar-refractivity contribution in [2.24, 2.45) is 28.6 Å². The van der Waals surface area contributed by atoms with Crippen molar-refractivity contribution >= 4 is 5.78 Å². The minimum Gasteiger partial charge on any atom is -0.390 e. The molecule has 30 heavy (non-hydrogen) atoms. The maximum Gasteiger partial charge on any atom is 0.450 e. The van der Waals surface area contributed by atoms with Crippen molar-refractivity contribution in [2.75, 3.05) is 6.61 Å². The van der Waals surface area contributed by atoms with Crippen LogP contribution in [0.15, 0.2) is 0 Å². The van der Waals surface area contributed by atoms with Crippen LogP contribution in [0.3, 0.4) is 0 Å². The number of alkyl halides is 3. The van der Waals surface area contributed by atoms with Crippen LogP contribution >= 0.6 is 0 Å². The Hall–Kier alpha value is -0.620. The van der Waals surface area contributed by atoms with Crippen LogP contribution in [0.4, 0.5) is 13.2 Å². The normalized spacial score (nSPS) is 39.5. The second-order valence-corrected chi connectivity index (χ2v) is 11.4. The van der Waals surface area contributed by atoms with E-state index in [1.54, 1.807) is 0 Å². The van der Waals surface area contributed by atoms with Crippen LogP contribution in [0.1, 0.15) is 91.9 Å². The summed E-state index contributed by atoms with van der Waals surface area (Å²) in [6, 6.07) is 0. The molecule has 0 radical (unpaired) electrons. The van der Waals surface area contributed by atoms with Gasteiger partial charge in [-0.15, -0.1) is 0 Å². The third-order valence-corrected chi connectivity index (χ3v) is 8.80. The number of fused-ring (bicyclic) bond motifs is 3. The van der Waals surface area contributed by atoms with Crippen molar-refractivity contribution in [2.45, 2.75) is 110 Å². The molecule has 0 aromatic carbocycles. The quantitative estimate of drug-likeness (QED) is 0.531. The monoisotopic (exact) mass is 432 g/mol. The average molecular weight is 433 g/mol. The number of carbonyl (C=O) groups excluding carboxylic acids is 1. The van der Waals surface area contributed by atoms with Gasteiger partial charge in [0, 0.05) is 6.42 Å². The van der Waals surface area contributed by atoms with Gasteiger partial charge in [-0.2, -0.15) is 13.2 Å². The summed E-state index contributed by atoms with van der Waals surface area (Å²) in [5.74, 6) is 0.133. The zero-order valence-corrected chi connectivity index (χ0v) is 19.0. The lowest BCUT2D eigenvalue weighted by atomic mass is 9.49. The molecule has 0 aromatic heterocycles. The predicted octanol–water partition coefficient (Wildman–Crippen LogP) is 6.08. The summed E-state index contributed by atoms with van der Waals surface area (Å²) in [5.41, 5.74) is -0.390. The van der Waals surface area contributed by atoms with Gasteiger partial charge in [-0.25, -0.2) is 0 Å². The number of hydrogen-bond acceptors (Lipinski definition) is 3. The molecule has 0 heterocycles. The zero-order chi connectivity index (χ0) is 22.4. The molecule has 0 amide bonds. The van der Waals surface area contributed by atoms with Crippen molar-refractivity contribution in [3.05, 3.63) is 0 Å². The number of hydrogen-bond donors (Lipinski definition) is 1. The molecule has 6 heteroatoms. The smallest absolute Gasteiger partial charge is 0.390 e. The Bertz CT molecular complexity index is 626. The molecule has 3 nitrogen and oxygen atoms in total. The Balaban J connectivity index is 1.64. The van der Waals surface area contributed by atoms with Crippen molar-refractivity contribution in [1.29, 1.82) is 0 Å². The van der Waals surface area contributed by atoms with Gasteiger partial charge in [-0.1, -0.05) is 20.3 Å².